The summed E-state index contributed by atoms with van der Waals surface area (Å²) in [6.45, 7) is 5.93. The molecule has 0 radical (unpaired) electrons. The number of carbonyl (C=O) groups is 1. The first-order chi connectivity index (χ1) is 13.0. The summed E-state index contributed by atoms with van der Waals surface area (Å²) in [5.74, 6) is 0.901. The Labute approximate surface area is 164 Å². The molecule has 0 saturated heterocycles. The van der Waals surface area contributed by atoms with Gasteiger partial charge in [0, 0.05) is 4.88 Å². The lowest BCUT2D eigenvalue weighted by Gasteiger charge is -2.17. The lowest BCUT2D eigenvalue weighted by molar-refractivity contribution is -0.116. The Hall–Kier alpha value is -2.13. The number of rotatable bonds is 4. The van der Waals surface area contributed by atoms with E-state index in [1.54, 1.807) is 18.3 Å². The molecule has 0 aliphatic heterocycles. The van der Waals surface area contributed by atoms with Crippen molar-refractivity contribution >= 4 is 43.9 Å². The van der Waals surface area contributed by atoms with Gasteiger partial charge in [0.25, 0.3) is 5.56 Å². The van der Waals surface area contributed by atoms with Crippen LogP contribution in [0.25, 0.3) is 10.2 Å². The van der Waals surface area contributed by atoms with E-state index < -0.39 is 0 Å². The van der Waals surface area contributed by atoms with Crippen molar-refractivity contribution in [2.45, 2.75) is 53.0 Å². The third-order valence-corrected chi connectivity index (χ3v) is 7.05. The van der Waals surface area contributed by atoms with E-state index in [4.69, 9.17) is 0 Å². The van der Waals surface area contributed by atoms with Gasteiger partial charge < -0.3 is 0 Å². The maximum atomic E-state index is 13.1. The second-order valence-corrected chi connectivity index (χ2v) is 9.13. The van der Waals surface area contributed by atoms with Crippen LogP contribution >= 0.6 is 22.7 Å². The zero-order chi connectivity index (χ0) is 19.1. The number of amides is 1. The third-order valence-electron chi connectivity index (χ3n) is 4.92. The minimum atomic E-state index is -0.294. The van der Waals surface area contributed by atoms with Gasteiger partial charge in [-0.25, -0.2) is 4.98 Å². The Morgan fingerprint density at radius 3 is 2.89 bits per heavy atom. The van der Waals surface area contributed by atoms with E-state index in [-0.39, 0.29) is 18.0 Å². The Bertz CT molecular complexity index is 1080. The number of nitrogens with one attached hydrogen (secondary N) is 1. The molecule has 1 unspecified atom stereocenters. The summed E-state index contributed by atoms with van der Waals surface area (Å²) in [5.41, 5.74) is 1.02. The molecule has 0 bridgehead atoms. The molecule has 1 N–H and O–H groups in total. The van der Waals surface area contributed by atoms with Gasteiger partial charge >= 0.3 is 0 Å². The minimum absolute atomic E-state index is 0.0737. The largest absolute Gasteiger partial charge is 0.299 e. The smallest absolute Gasteiger partial charge is 0.263 e. The molecule has 0 spiro atoms. The molecule has 1 amide bonds. The molecule has 4 rings (SSSR count). The fourth-order valence-corrected chi connectivity index (χ4v) is 5.58. The monoisotopic (exact) mass is 403 g/mol. The molecular weight excluding hydrogens is 382 g/mol. The molecule has 27 heavy (non-hydrogen) atoms. The van der Waals surface area contributed by atoms with Crippen LogP contribution < -0.4 is 10.9 Å². The maximum absolute atomic E-state index is 13.1. The van der Waals surface area contributed by atoms with Crippen LogP contribution in [0.3, 0.4) is 0 Å². The summed E-state index contributed by atoms with van der Waals surface area (Å²) < 4.78 is 1.46. The van der Waals surface area contributed by atoms with Crippen molar-refractivity contribution in [3.8, 4) is 0 Å². The van der Waals surface area contributed by atoms with E-state index in [1.807, 2.05) is 6.92 Å². The van der Waals surface area contributed by atoms with Crippen LogP contribution in [0.15, 0.2) is 4.79 Å². The Balaban J connectivity index is 1.65. The summed E-state index contributed by atoms with van der Waals surface area (Å²) in [6.07, 6.45) is 3.78. The molecule has 3 aromatic heterocycles. The summed E-state index contributed by atoms with van der Waals surface area (Å²) in [5, 5.41) is 12.7. The first-order valence-electron chi connectivity index (χ1n) is 9.10. The number of carbonyl (C=O) groups excluding carboxylic acids is 1. The summed E-state index contributed by atoms with van der Waals surface area (Å²) in [7, 11) is 0. The highest BCUT2D eigenvalue weighted by Crippen LogP contribution is 2.35. The first kappa shape index (κ1) is 18.2. The zero-order valence-corrected chi connectivity index (χ0v) is 17.2. The lowest BCUT2D eigenvalue weighted by atomic mass is 9.89. The van der Waals surface area contributed by atoms with Crippen LogP contribution in [-0.2, 0) is 30.6 Å². The SMILES string of the molecule is CCc1nnc(NC(=O)Cn2c(C)nc3sc4c(c3c2=O)CCC(C)C4)s1. The molecule has 3 heterocycles. The molecule has 3 aromatic rings. The van der Waals surface area contributed by atoms with E-state index in [2.05, 4.69) is 27.4 Å². The van der Waals surface area contributed by atoms with E-state index in [1.165, 1.54) is 20.8 Å². The second kappa shape index (κ2) is 7.12. The van der Waals surface area contributed by atoms with Gasteiger partial charge in [-0.05, 0) is 44.1 Å². The molecule has 0 aromatic carbocycles. The van der Waals surface area contributed by atoms with Crippen LogP contribution in [0.2, 0.25) is 0 Å². The Kier molecular flexibility index (Phi) is 4.81. The van der Waals surface area contributed by atoms with Gasteiger partial charge in [0.15, 0.2) is 0 Å². The predicted octanol–water partition coefficient (Wildman–Crippen LogP) is 2.94. The normalized spacial score (nSPS) is 16.5. The van der Waals surface area contributed by atoms with Gasteiger partial charge in [0.1, 0.15) is 22.2 Å². The van der Waals surface area contributed by atoms with Gasteiger partial charge in [-0.1, -0.05) is 25.2 Å². The molecule has 9 heteroatoms. The summed E-state index contributed by atoms with van der Waals surface area (Å²) >= 11 is 2.97. The number of nitrogens with zero attached hydrogens (tertiary/aromatic N) is 4. The van der Waals surface area contributed by atoms with Gasteiger partial charge in [-0.3, -0.25) is 19.5 Å². The topological polar surface area (TPSA) is 89.8 Å². The summed E-state index contributed by atoms with van der Waals surface area (Å²) in [6, 6.07) is 0. The van der Waals surface area contributed by atoms with Crippen molar-refractivity contribution in [1.82, 2.24) is 19.7 Å². The lowest BCUT2D eigenvalue weighted by Crippen LogP contribution is -2.30. The van der Waals surface area contributed by atoms with Crippen LogP contribution in [0.4, 0.5) is 5.13 Å². The van der Waals surface area contributed by atoms with Crippen LogP contribution in [0.1, 0.15) is 41.5 Å². The molecule has 0 fully saturated rings. The number of hydrogen-bond donors (Lipinski definition) is 1. The van der Waals surface area contributed by atoms with Gasteiger partial charge in [-0.2, -0.15) is 0 Å². The van der Waals surface area contributed by atoms with Crippen molar-refractivity contribution in [3.05, 3.63) is 31.6 Å². The number of thiophene rings is 1. The Morgan fingerprint density at radius 1 is 1.33 bits per heavy atom. The van der Waals surface area contributed by atoms with Crippen molar-refractivity contribution in [2.24, 2.45) is 5.92 Å². The number of aryl methyl sites for hydroxylation is 3. The molecular formula is C18H21N5O2S2. The zero-order valence-electron chi connectivity index (χ0n) is 15.5. The number of aromatic nitrogens is 4. The highest BCUT2D eigenvalue weighted by molar-refractivity contribution is 7.18. The third kappa shape index (κ3) is 3.41. The molecule has 1 aliphatic rings. The van der Waals surface area contributed by atoms with Crippen LogP contribution in [0, 0.1) is 12.8 Å². The second-order valence-electron chi connectivity index (χ2n) is 6.98. The number of anilines is 1. The van der Waals surface area contributed by atoms with Gasteiger partial charge in [-0.15, -0.1) is 21.5 Å². The predicted molar refractivity (Wildman–Crippen MR) is 108 cm³/mol. The highest BCUT2D eigenvalue weighted by atomic mass is 32.1. The number of fused-ring (bicyclic) bond motifs is 3. The molecule has 0 saturated carbocycles. The summed E-state index contributed by atoms with van der Waals surface area (Å²) in [4.78, 5) is 32.2. The quantitative estimate of drug-likeness (QED) is 0.723. The van der Waals surface area contributed by atoms with E-state index in [0.29, 0.717) is 22.3 Å². The van der Waals surface area contributed by atoms with Crippen molar-refractivity contribution < 1.29 is 4.79 Å². The fraction of sp³-hybridized carbons (Fsp3) is 0.500. The number of hydrogen-bond acceptors (Lipinski definition) is 7. The fourth-order valence-electron chi connectivity index (χ4n) is 3.46. The average molecular weight is 404 g/mol. The standard InChI is InChI=1S/C18H21N5O2S2/c1-4-14-21-22-18(27-14)20-13(24)8-23-10(3)19-16-15(17(23)25)11-6-5-9(2)7-12(11)26-16/h9H,4-8H2,1-3H3,(H,20,22,24). The molecule has 1 atom stereocenters. The maximum Gasteiger partial charge on any atom is 0.263 e. The first-order valence-corrected chi connectivity index (χ1v) is 10.7. The van der Waals surface area contributed by atoms with Crippen molar-refractivity contribution in [1.29, 1.82) is 0 Å². The Morgan fingerprint density at radius 2 is 2.15 bits per heavy atom. The molecule has 7 nitrogen and oxygen atoms in total. The average Bonchev–Trinajstić information content (AvgIpc) is 3.21. The highest BCUT2D eigenvalue weighted by Gasteiger charge is 2.24. The van der Waals surface area contributed by atoms with Crippen molar-refractivity contribution in [3.63, 3.8) is 0 Å². The van der Waals surface area contributed by atoms with E-state index >= 15 is 0 Å². The van der Waals surface area contributed by atoms with Crippen LogP contribution in [-0.4, -0.2) is 25.7 Å². The molecule has 142 valence electrons. The van der Waals surface area contributed by atoms with Gasteiger partial charge in [0.2, 0.25) is 11.0 Å². The minimum Gasteiger partial charge on any atom is -0.299 e. The van der Waals surface area contributed by atoms with E-state index in [9.17, 15) is 9.59 Å². The molecule has 1 aliphatic carbocycles. The van der Waals surface area contributed by atoms with Crippen LogP contribution in [0.5, 0.6) is 0 Å². The van der Waals surface area contributed by atoms with Crippen molar-refractivity contribution in [2.75, 3.05) is 5.32 Å². The van der Waals surface area contributed by atoms with E-state index in [0.717, 1.165) is 41.1 Å². The van der Waals surface area contributed by atoms with Gasteiger partial charge in [0.05, 0.1) is 5.39 Å².